The zero-order valence-corrected chi connectivity index (χ0v) is 17.2. The molecule has 5 nitrogen and oxygen atoms in total. The molecule has 0 saturated heterocycles. The zero-order chi connectivity index (χ0) is 20.7. The highest BCUT2D eigenvalue weighted by molar-refractivity contribution is 6.01. The first-order valence-corrected chi connectivity index (χ1v) is 10.5. The summed E-state index contributed by atoms with van der Waals surface area (Å²) in [6.07, 6.45) is 7.19. The van der Waals surface area contributed by atoms with Crippen LogP contribution >= 0.6 is 0 Å². The van der Waals surface area contributed by atoms with Crippen LogP contribution in [-0.2, 0) is 9.59 Å². The molecule has 0 aromatic rings. The summed E-state index contributed by atoms with van der Waals surface area (Å²) in [5, 5.41) is 32.5. The Labute approximate surface area is 166 Å². The van der Waals surface area contributed by atoms with Gasteiger partial charge in [0.05, 0.1) is 6.10 Å². The Hall–Kier alpha value is -1.30. The van der Waals surface area contributed by atoms with E-state index < -0.39 is 40.3 Å². The minimum atomic E-state index is -1.62. The Kier molecular flexibility index (Phi) is 4.19. The largest absolute Gasteiger partial charge is 0.392 e. The molecule has 3 N–H and O–H groups in total. The smallest absolute Gasteiger partial charge is 0.190 e. The topological polar surface area (TPSA) is 94.8 Å². The highest BCUT2D eigenvalue weighted by atomic mass is 16.3. The summed E-state index contributed by atoms with van der Waals surface area (Å²) in [6.45, 7) is 7.35. The van der Waals surface area contributed by atoms with E-state index in [4.69, 9.17) is 0 Å². The highest BCUT2D eigenvalue weighted by Gasteiger charge is 2.73. The predicted octanol–water partition coefficient (Wildman–Crippen LogP) is 2.19. The summed E-state index contributed by atoms with van der Waals surface area (Å²) in [6, 6.07) is 0. The Balaban J connectivity index is 1.84. The zero-order valence-electron chi connectivity index (χ0n) is 17.2. The van der Waals surface area contributed by atoms with Gasteiger partial charge in [-0.3, -0.25) is 9.59 Å². The minimum absolute atomic E-state index is 0.00192. The SMILES string of the molecule is C[C@@H]1C[C@H]2[C@@H]3CCC4=CC(=O)C=C[C@]4(C)[C@@]3(C)[C@@H](O)C[C@]2(C)[C@@]1(O)C(=O)CO. The van der Waals surface area contributed by atoms with Gasteiger partial charge in [0.1, 0.15) is 12.2 Å². The van der Waals surface area contributed by atoms with E-state index in [0.29, 0.717) is 12.8 Å². The number of rotatable bonds is 2. The van der Waals surface area contributed by atoms with Gasteiger partial charge in [-0.25, -0.2) is 0 Å². The van der Waals surface area contributed by atoms with Crippen LogP contribution in [0.1, 0.15) is 53.4 Å². The van der Waals surface area contributed by atoms with Crippen LogP contribution in [0.15, 0.2) is 23.8 Å². The van der Waals surface area contributed by atoms with Crippen molar-refractivity contribution in [2.45, 2.75) is 65.1 Å². The summed E-state index contributed by atoms with van der Waals surface area (Å²) < 4.78 is 0. The van der Waals surface area contributed by atoms with Crippen molar-refractivity contribution < 1.29 is 24.9 Å². The second-order valence-corrected chi connectivity index (χ2v) is 10.3. The van der Waals surface area contributed by atoms with E-state index in [1.165, 1.54) is 0 Å². The third-order valence-electron chi connectivity index (χ3n) is 9.55. The number of carbonyl (C=O) groups excluding carboxylic acids is 2. The number of allylic oxidation sites excluding steroid dienone is 4. The molecule has 8 atom stereocenters. The highest BCUT2D eigenvalue weighted by Crippen LogP contribution is 2.72. The molecule has 0 aliphatic heterocycles. The van der Waals surface area contributed by atoms with Crippen molar-refractivity contribution in [1.29, 1.82) is 0 Å². The molecule has 0 amide bonds. The van der Waals surface area contributed by atoms with E-state index in [2.05, 4.69) is 13.8 Å². The maximum atomic E-state index is 12.6. The van der Waals surface area contributed by atoms with E-state index >= 15 is 0 Å². The van der Waals surface area contributed by atoms with Crippen molar-refractivity contribution in [3.05, 3.63) is 23.8 Å². The van der Waals surface area contributed by atoms with Crippen LogP contribution in [0, 0.1) is 34.0 Å². The number of hydrogen-bond acceptors (Lipinski definition) is 5. The molecule has 0 aromatic carbocycles. The molecule has 4 aliphatic carbocycles. The molecular formula is C23H32O5. The summed E-state index contributed by atoms with van der Waals surface area (Å²) in [4.78, 5) is 24.6. The molecule has 5 heteroatoms. The Morgan fingerprint density at radius 1 is 1.25 bits per heavy atom. The first-order valence-electron chi connectivity index (χ1n) is 10.5. The van der Waals surface area contributed by atoms with Crippen LogP contribution < -0.4 is 0 Å². The van der Waals surface area contributed by atoms with E-state index in [1.807, 2.05) is 19.9 Å². The van der Waals surface area contributed by atoms with Gasteiger partial charge in [-0.15, -0.1) is 0 Å². The quantitative estimate of drug-likeness (QED) is 0.674. The molecule has 0 spiro atoms. The molecule has 154 valence electrons. The monoisotopic (exact) mass is 388 g/mol. The van der Waals surface area contributed by atoms with Gasteiger partial charge in [0.2, 0.25) is 0 Å². The van der Waals surface area contributed by atoms with Gasteiger partial charge in [0.15, 0.2) is 11.6 Å². The van der Waals surface area contributed by atoms with Crippen molar-refractivity contribution in [1.82, 2.24) is 0 Å². The molecule has 0 unspecified atom stereocenters. The molecule has 3 saturated carbocycles. The van der Waals surface area contributed by atoms with Gasteiger partial charge in [-0.2, -0.15) is 0 Å². The Bertz CT molecular complexity index is 799. The number of hydrogen-bond donors (Lipinski definition) is 3. The number of fused-ring (bicyclic) bond motifs is 5. The van der Waals surface area contributed by atoms with Crippen LogP contribution in [0.5, 0.6) is 0 Å². The molecule has 0 bridgehead atoms. The van der Waals surface area contributed by atoms with Crippen molar-refractivity contribution >= 4 is 11.6 Å². The third-order valence-corrected chi connectivity index (χ3v) is 9.55. The minimum Gasteiger partial charge on any atom is -0.392 e. The van der Waals surface area contributed by atoms with Crippen LogP contribution in [0.2, 0.25) is 0 Å². The van der Waals surface area contributed by atoms with Crippen LogP contribution in [-0.4, -0.2) is 45.2 Å². The molecule has 0 heterocycles. The average molecular weight is 389 g/mol. The molecule has 4 aliphatic rings. The fourth-order valence-corrected chi connectivity index (χ4v) is 7.69. The maximum absolute atomic E-state index is 12.6. The number of aliphatic hydroxyl groups is 3. The first kappa shape index (κ1) is 20.0. The van der Waals surface area contributed by atoms with E-state index in [9.17, 15) is 24.9 Å². The third kappa shape index (κ3) is 2.03. The van der Waals surface area contributed by atoms with E-state index in [0.717, 1.165) is 18.4 Å². The van der Waals surface area contributed by atoms with E-state index in [-0.39, 0.29) is 23.5 Å². The second kappa shape index (κ2) is 5.87. The Morgan fingerprint density at radius 2 is 1.93 bits per heavy atom. The van der Waals surface area contributed by atoms with Crippen LogP contribution in [0.3, 0.4) is 0 Å². The lowest BCUT2D eigenvalue weighted by atomic mass is 9.39. The van der Waals surface area contributed by atoms with Gasteiger partial charge in [0, 0.05) is 16.2 Å². The normalized spacial score (nSPS) is 52.5. The summed E-state index contributed by atoms with van der Waals surface area (Å²) in [5.74, 6) is -0.622. The van der Waals surface area contributed by atoms with Gasteiger partial charge in [0.25, 0.3) is 0 Å². The van der Waals surface area contributed by atoms with Gasteiger partial charge in [-0.1, -0.05) is 39.3 Å². The van der Waals surface area contributed by atoms with Crippen molar-refractivity contribution in [2.75, 3.05) is 6.61 Å². The van der Waals surface area contributed by atoms with Crippen LogP contribution in [0.4, 0.5) is 0 Å². The lowest BCUT2D eigenvalue weighted by Crippen LogP contribution is -2.66. The van der Waals surface area contributed by atoms with Crippen molar-refractivity contribution in [3.8, 4) is 0 Å². The molecule has 3 fully saturated rings. The summed E-state index contributed by atoms with van der Waals surface area (Å²) in [7, 11) is 0. The summed E-state index contributed by atoms with van der Waals surface area (Å²) in [5.41, 5.74) is -2.22. The van der Waals surface area contributed by atoms with E-state index in [1.54, 1.807) is 12.2 Å². The number of ketones is 2. The second-order valence-electron chi connectivity index (χ2n) is 10.3. The molecule has 0 aromatic heterocycles. The lowest BCUT2D eigenvalue weighted by molar-refractivity contribution is -0.208. The first-order chi connectivity index (χ1) is 13.0. The summed E-state index contributed by atoms with van der Waals surface area (Å²) >= 11 is 0. The fraction of sp³-hybridized carbons (Fsp3) is 0.739. The lowest BCUT2D eigenvalue weighted by Gasteiger charge is -2.65. The number of Topliss-reactive ketones (excluding diaryl/α,β-unsaturated/α-hetero) is 1. The van der Waals surface area contributed by atoms with Crippen molar-refractivity contribution in [2.24, 2.45) is 34.0 Å². The predicted molar refractivity (Wildman–Crippen MR) is 104 cm³/mol. The number of aliphatic hydroxyl groups excluding tert-OH is 2. The van der Waals surface area contributed by atoms with Gasteiger partial charge >= 0.3 is 0 Å². The van der Waals surface area contributed by atoms with Crippen molar-refractivity contribution in [3.63, 3.8) is 0 Å². The molecule has 28 heavy (non-hydrogen) atoms. The Morgan fingerprint density at radius 3 is 2.57 bits per heavy atom. The van der Waals surface area contributed by atoms with Gasteiger partial charge < -0.3 is 15.3 Å². The fourth-order valence-electron chi connectivity index (χ4n) is 7.69. The number of carbonyl (C=O) groups is 2. The average Bonchev–Trinajstić information content (AvgIpc) is 2.84. The molecular weight excluding hydrogens is 356 g/mol. The molecule has 0 radical (unpaired) electrons. The molecule has 4 rings (SSSR count). The van der Waals surface area contributed by atoms with Gasteiger partial charge in [-0.05, 0) is 55.6 Å². The standard InChI is InChI=1S/C23H32O5/c1-13-9-17-16-6-5-14-10-15(25)7-8-20(14,2)22(16,4)18(26)11-21(17,3)23(13,28)19(27)12-24/h7-8,10,13,16-18,24,26,28H,5-6,9,11-12H2,1-4H3/t13-,16+,17+,18+,20+,21+,22-,23+/m1/s1. The maximum Gasteiger partial charge on any atom is 0.190 e. The van der Waals surface area contributed by atoms with Crippen LogP contribution in [0.25, 0.3) is 0 Å².